The summed E-state index contributed by atoms with van der Waals surface area (Å²) in [5.41, 5.74) is 15.0. The molecule has 6 aromatic carbocycles. The van der Waals surface area contributed by atoms with Gasteiger partial charge in [0.2, 0.25) is 0 Å². The van der Waals surface area contributed by atoms with Gasteiger partial charge in [0.15, 0.2) is 0 Å². The summed E-state index contributed by atoms with van der Waals surface area (Å²) in [6.07, 6.45) is 10.4. The van der Waals surface area contributed by atoms with Gasteiger partial charge in [0.1, 0.15) is 0 Å². The first kappa shape index (κ1) is 30.1. The number of aromatic nitrogens is 1. The second-order valence-corrected chi connectivity index (χ2v) is 16.5. The largest absolute Gasteiger partial charge is 0.313 e. The maximum Gasteiger partial charge on any atom is 0.0579 e. The minimum absolute atomic E-state index is 0.0618. The molecule has 2 aliphatic heterocycles. The maximum absolute atomic E-state index is 2.68. The highest BCUT2D eigenvalue weighted by atomic mass is 15.2. The first-order chi connectivity index (χ1) is 25.3. The Hall–Kier alpha value is -5.60. The number of para-hydroxylation sites is 1. The quantitative estimate of drug-likeness (QED) is 0.181. The molecule has 11 rings (SSSR count). The summed E-state index contributed by atoms with van der Waals surface area (Å²) in [5, 5.41) is 7.93. The van der Waals surface area contributed by atoms with E-state index in [1.807, 2.05) is 0 Å². The zero-order valence-electron chi connectivity index (χ0n) is 30.4. The van der Waals surface area contributed by atoms with Crippen molar-refractivity contribution in [3.8, 4) is 11.1 Å². The predicted molar refractivity (Wildman–Crippen MR) is 220 cm³/mol. The molecule has 0 amide bonds. The molecule has 1 aromatic heterocycles. The summed E-state index contributed by atoms with van der Waals surface area (Å²) < 4.78 is 2.68. The summed E-state index contributed by atoms with van der Waals surface area (Å²) in [6.45, 7) is 9.84. The van der Waals surface area contributed by atoms with Crippen molar-refractivity contribution in [2.24, 2.45) is 5.92 Å². The normalized spacial score (nSPS) is 19.0. The van der Waals surface area contributed by atoms with E-state index in [2.05, 4.69) is 177 Å². The summed E-state index contributed by atoms with van der Waals surface area (Å²) in [5.74, 6) is 0.470. The van der Waals surface area contributed by atoms with Crippen molar-refractivity contribution in [1.82, 2.24) is 4.57 Å². The molecule has 0 fully saturated rings. The van der Waals surface area contributed by atoms with E-state index in [0.717, 1.165) is 19.3 Å². The minimum atomic E-state index is -0.107. The van der Waals surface area contributed by atoms with Crippen molar-refractivity contribution < 1.29 is 0 Å². The zero-order valence-corrected chi connectivity index (χ0v) is 30.4. The third-order valence-electron chi connectivity index (χ3n) is 13.1. The number of fused-ring (bicyclic) bond motifs is 3. The first-order valence-electron chi connectivity index (χ1n) is 19.0. The number of anilines is 2. The number of allylic oxidation sites excluding steroid dienone is 4. The average Bonchev–Trinajstić information content (AvgIpc) is 3.51. The molecule has 7 aromatic rings. The molecule has 2 heteroatoms. The van der Waals surface area contributed by atoms with Crippen molar-refractivity contribution >= 4 is 61.4 Å². The van der Waals surface area contributed by atoms with Crippen LogP contribution in [0.1, 0.15) is 58.1 Å². The molecule has 4 aliphatic rings. The fraction of sp³-hybridized carbons (Fsp3) is 0.200. The highest BCUT2D eigenvalue weighted by Crippen LogP contribution is 2.59. The van der Waals surface area contributed by atoms with E-state index in [1.54, 1.807) is 0 Å². The van der Waals surface area contributed by atoms with Crippen molar-refractivity contribution in [2.75, 3.05) is 4.90 Å². The molecule has 1 unspecified atom stereocenters. The van der Waals surface area contributed by atoms with E-state index in [9.17, 15) is 0 Å². The van der Waals surface area contributed by atoms with Gasteiger partial charge in [-0.25, -0.2) is 0 Å². The Bertz CT molecular complexity index is 2870. The van der Waals surface area contributed by atoms with E-state index in [4.69, 9.17) is 0 Å². The van der Waals surface area contributed by atoms with Crippen LogP contribution >= 0.6 is 0 Å². The summed E-state index contributed by atoms with van der Waals surface area (Å²) in [7, 11) is 0. The maximum atomic E-state index is 2.68. The van der Waals surface area contributed by atoms with Crippen LogP contribution in [-0.2, 0) is 10.8 Å². The molecule has 3 heterocycles. The highest BCUT2D eigenvalue weighted by molar-refractivity contribution is 6.16. The SMILES string of the molecule is CC1(C)C2=C3C(CC=C2)C(C)(C)c2cccc4c5cc(-c6ccc(N(C7=c8ccccc8=CCC7)c7cccc8ccccc78)cc6)cc1c5n3c24. The lowest BCUT2D eigenvalue weighted by Crippen LogP contribution is -2.40. The van der Waals surface area contributed by atoms with Gasteiger partial charge in [0.25, 0.3) is 0 Å². The molecule has 0 radical (unpaired) electrons. The molecule has 252 valence electrons. The van der Waals surface area contributed by atoms with Crippen LogP contribution in [-0.4, -0.2) is 4.57 Å². The van der Waals surface area contributed by atoms with Crippen LogP contribution in [0.5, 0.6) is 0 Å². The number of rotatable bonds is 4. The van der Waals surface area contributed by atoms with Gasteiger partial charge >= 0.3 is 0 Å². The Morgan fingerprint density at radius 2 is 1.42 bits per heavy atom. The van der Waals surface area contributed by atoms with Gasteiger partial charge in [-0.2, -0.15) is 0 Å². The lowest BCUT2D eigenvalue weighted by molar-refractivity contribution is 0.371. The second-order valence-electron chi connectivity index (χ2n) is 16.5. The Morgan fingerprint density at radius 3 is 2.31 bits per heavy atom. The van der Waals surface area contributed by atoms with Gasteiger partial charge in [0, 0.05) is 55.2 Å². The van der Waals surface area contributed by atoms with Crippen LogP contribution in [0.2, 0.25) is 0 Å². The van der Waals surface area contributed by atoms with E-state index in [1.165, 1.54) is 93.6 Å². The van der Waals surface area contributed by atoms with Crippen LogP contribution in [0.25, 0.3) is 61.2 Å². The van der Waals surface area contributed by atoms with Crippen molar-refractivity contribution in [2.45, 2.75) is 57.8 Å². The predicted octanol–water partition coefficient (Wildman–Crippen LogP) is 11.5. The van der Waals surface area contributed by atoms with Gasteiger partial charge < -0.3 is 9.47 Å². The number of hydrogen-bond donors (Lipinski definition) is 0. The molecular formula is C50H42N2. The average molecular weight is 671 g/mol. The van der Waals surface area contributed by atoms with Crippen LogP contribution in [0.4, 0.5) is 11.4 Å². The fourth-order valence-electron chi connectivity index (χ4n) is 10.4. The minimum Gasteiger partial charge on any atom is -0.313 e. The highest BCUT2D eigenvalue weighted by Gasteiger charge is 2.48. The Morgan fingerprint density at radius 1 is 0.673 bits per heavy atom. The molecule has 52 heavy (non-hydrogen) atoms. The topological polar surface area (TPSA) is 8.17 Å². The third kappa shape index (κ3) is 3.90. The van der Waals surface area contributed by atoms with Crippen molar-refractivity contribution in [3.05, 3.63) is 161 Å². The Balaban J connectivity index is 1.12. The second kappa shape index (κ2) is 10.5. The lowest BCUT2D eigenvalue weighted by atomic mass is 9.62. The first-order valence-corrected chi connectivity index (χ1v) is 19.0. The van der Waals surface area contributed by atoms with Crippen LogP contribution in [0.15, 0.2) is 139 Å². The molecule has 2 nitrogen and oxygen atoms in total. The summed E-state index contributed by atoms with van der Waals surface area (Å²) in [6, 6.07) is 45.8. The van der Waals surface area contributed by atoms with Crippen molar-refractivity contribution in [3.63, 3.8) is 0 Å². The third-order valence-corrected chi connectivity index (χ3v) is 13.1. The van der Waals surface area contributed by atoms with Crippen LogP contribution in [0.3, 0.4) is 0 Å². The number of hydrogen-bond acceptors (Lipinski definition) is 1. The molecule has 0 saturated carbocycles. The molecule has 0 saturated heterocycles. The summed E-state index contributed by atoms with van der Waals surface area (Å²) in [4.78, 5) is 2.53. The molecule has 0 bridgehead atoms. The van der Waals surface area contributed by atoms with Crippen molar-refractivity contribution in [1.29, 1.82) is 0 Å². The van der Waals surface area contributed by atoms with E-state index in [-0.39, 0.29) is 10.8 Å². The van der Waals surface area contributed by atoms with E-state index < -0.39 is 0 Å². The van der Waals surface area contributed by atoms with Gasteiger partial charge in [-0.3, -0.25) is 0 Å². The zero-order chi connectivity index (χ0) is 34.9. The van der Waals surface area contributed by atoms with E-state index in [0.29, 0.717) is 5.92 Å². The monoisotopic (exact) mass is 670 g/mol. The molecule has 2 aliphatic carbocycles. The fourth-order valence-corrected chi connectivity index (χ4v) is 10.4. The van der Waals surface area contributed by atoms with Gasteiger partial charge in [-0.05, 0) is 88.0 Å². The number of nitrogens with zero attached hydrogens (tertiary/aromatic N) is 2. The smallest absolute Gasteiger partial charge is 0.0579 e. The molecule has 1 atom stereocenters. The van der Waals surface area contributed by atoms with Crippen LogP contribution in [0, 0.1) is 5.92 Å². The van der Waals surface area contributed by atoms with Gasteiger partial charge in [-0.1, -0.05) is 137 Å². The Labute approximate surface area is 305 Å². The summed E-state index contributed by atoms with van der Waals surface area (Å²) >= 11 is 0. The van der Waals surface area contributed by atoms with Gasteiger partial charge in [-0.15, -0.1) is 0 Å². The van der Waals surface area contributed by atoms with Gasteiger partial charge in [0.05, 0.1) is 16.7 Å². The number of benzene rings is 6. The molecule has 0 spiro atoms. The van der Waals surface area contributed by atoms with E-state index >= 15 is 0 Å². The lowest BCUT2D eigenvalue weighted by Gasteiger charge is -2.48. The van der Waals surface area contributed by atoms with Crippen LogP contribution < -0.4 is 15.3 Å². The molecular weight excluding hydrogens is 629 g/mol. The standard InChI is InChI=1S/C50H42N2/c1-49(2)40-20-11-19-38-39-29-34(30-43-47(39)52(46(38)40)48-41(49)21-12-22-42(48)50(43,3)4)31-25-27-35(28-26-31)51(44-23-9-15-32-13-5-7-17-36(32)44)45-24-10-16-33-14-6-8-18-37(33)45/h5-9,11-20,22-23,25-30,41H,10,21,24H2,1-4H3. The Kier molecular flexibility index (Phi) is 6.06. The molecule has 0 N–H and O–H groups in total.